The van der Waals surface area contributed by atoms with Crippen LogP contribution in [0.4, 0.5) is 0 Å². The number of carbonyl (C=O) groups excluding carboxylic acids is 1. The molecule has 0 amide bonds. The summed E-state index contributed by atoms with van der Waals surface area (Å²) >= 11 is 0. The minimum atomic E-state index is -0.388. The molecule has 2 aromatic rings. The zero-order valence-corrected chi connectivity index (χ0v) is 12.2. The Labute approximate surface area is 123 Å². The van der Waals surface area contributed by atoms with Gasteiger partial charge in [0, 0.05) is 11.6 Å². The van der Waals surface area contributed by atoms with E-state index in [1.807, 2.05) is 25.1 Å². The first-order valence-corrected chi connectivity index (χ1v) is 6.78. The molecule has 0 spiro atoms. The van der Waals surface area contributed by atoms with Crippen LogP contribution in [0.15, 0.2) is 41.3 Å². The summed E-state index contributed by atoms with van der Waals surface area (Å²) in [4.78, 5) is 11.4. The number of furan rings is 1. The van der Waals surface area contributed by atoms with Crippen molar-refractivity contribution in [3.05, 3.63) is 48.3 Å². The molecule has 0 unspecified atom stereocenters. The third-order valence-corrected chi connectivity index (χ3v) is 2.97. The Morgan fingerprint density at radius 2 is 2.24 bits per heavy atom. The molecule has 1 aromatic carbocycles. The standard InChI is InChI=1S/C17H18O4/c1-4-11-20-14-7-6-8-15-17(14)12(3)13(21-15)9-10-16(18)19-5-2/h4,6-10H,1,5,11H2,2-3H3/b10-9+. The van der Waals surface area contributed by atoms with Gasteiger partial charge in [-0.2, -0.15) is 0 Å². The van der Waals surface area contributed by atoms with Crippen molar-refractivity contribution in [3.63, 3.8) is 0 Å². The predicted octanol–water partition coefficient (Wildman–Crippen LogP) is 3.88. The Hall–Kier alpha value is -2.49. The lowest BCUT2D eigenvalue weighted by Gasteiger charge is -2.04. The van der Waals surface area contributed by atoms with Crippen LogP contribution in [0.3, 0.4) is 0 Å². The number of esters is 1. The second-order valence-electron chi connectivity index (χ2n) is 4.41. The number of fused-ring (bicyclic) bond motifs is 1. The van der Waals surface area contributed by atoms with Crippen LogP contribution >= 0.6 is 0 Å². The maximum Gasteiger partial charge on any atom is 0.330 e. The summed E-state index contributed by atoms with van der Waals surface area (Å²) in [6, 6.07) is 5.61. The highest BCUT2D eigenvalue weighted by molar-refractivity contribution is 5.92. The summed E-state index contributed by atoms with van der Waals surface area (Å²) < 4.78 is 16.2. The molecule has 21 heavy (non-hydrogen) atoms. The van der Waals surface area contributed by atoms with Crippen molar-refractivity contribution in [2.24, 2.45) is 0 Å². The van der Waals surface area contributed by atoms with Gasteiger partial charge in [-0.05, 0) is 32.1 Å². The summed E-state index contributed by atoms with van der Waals surface area (Å²) in [5, 5.41) is 0.905. The second-order valence-corrected chi connectivity index (χ2v) is 4.41. The van der Waals surface area contributed by atoms with Gasteiger partial charge in [-0.3, -0.25) is 0 Å². The van der Waals surface area contributed by atoms with Crippen molar-refractivity contribution in [1.82, 2.24) is 0 Å². The van der Waals surface area contributed by atoms with Gasteiger partial charge in [0.05, 0.1) is 12.0 Å². The van der Waals surface area contributed by atoms with Gasteiger partial charge in [-0.25, -0.2) is 4.79 Å². The summed E-state index contributed by atoms with van der Waals surface area (Å²) in [7, 11) is 0. The van der Waals surface area contributed by atoms with E-state index >= 15 is 0 Å². The van der Waals surface area contributed by atoms with Gasteiger partial charge in [-0.1, -0.05) is 18.7 Å². The Morgan fingerprint density at radius 3 is 2.95 bits per heavy atom. The fraction of sp³-hybridized carbons (Fsp3) is 0.235. The lowest BCUT2D eigenvalue weighted by Crippen LogP contribution is -1.98. The van der Waals surface area contributed by atoms with Crippen molar-refractivity contribution in [2.75, 3.05) is 13.2 Å². The van der Waals surface area contributed by atoms with Gasteiger partial charge < -0.3 is 13.9 Å². The topological polar surface area (TPSA) is 48.7 Å². The highest BCUT2D eigenvalue weighted by Gasteiger charge is 2.13. The minimum Gasteiger partial charge on any atom is -0.489 e. The number of rotatable bonds is 6. The highest BCUT2D eigenvalue weighted by Crippen LogP contribution is 2.33. The Balaban J connectivity index is 2.36. The van der Waals surface area contributed by atoms with Gasteiger partial charge >= 0.3 is 5.97 Å². The lowest BCUT2D eigenvalue weighted by atomic mass is 10.1. The fourth-order valence-electron chi connectivity index (χ4n) is 2.05. The van der Waals surface area contributed by atoms with E-state index in [4.69, 9.17) is 13.9 Å². The SMILES string of the molecule is C=CCOc1cccc2oc(/C=C/C(=O)OCC)c(C)c12. The molecule has 4 heteroatoms. The lowest BCUT2D eigenvalue weighted by molar-refractivity contribution is -0.137. The van der Waals surface area contributed by atoms with Crippen LogP contribution in [-0.2, 0) is 9.53 Å². The third-order valence-electron chi connectivity index (χ3n) is 2.97. The van der Waals surface area contributed by atoms with Gasteiger partial charge in [0.2, 0.25) is 0 Å². The van der Waals surface area contributed by atoms with Crippen molar-refractivity contribution < 1.29 is 18.7 Å². The van der Waals surface area contributed by atoms with E-state index in [2.05, 4.69) is 6.58 Å². The zero-order valence-electron chi connectivity index (χ0n) is 12.2. The molecular weight excluding hydrogens is 268 g/mol. The molecule has 0 saturated carbocycles. The summed E-state index contributed by atoms with van der Waals surface area (Å²) in [6.45, 7) is 8.11. The molecule has 0 bridgehead atoms. The molecular formula is C17H18O4. The van der Waals surface area contributed by atoms with Crippen molar-refractivity contribution in [1.29, 1.82) is 0 Å². The molecule has 0 radical (unpaired) electrons. The quantitative estimate of drug-likeness (QED) is 0.459. The van der Waals surface area contributed by atoms with Gasteiger partial charge in [-0.15, -0.1) is 0 Å². The van der Waals surface area contributed by atoms with E-state index in [-0.39, 0.29) is 5.97 Å². The van der Waals surface area contributed by atoms with Crippen LogP contribution in [0.25, 0.3) is 17.0 Å². The molecule has 1 heterocycles. The first-order valence-electron chi connectivity index (χ1n) is 6.78. The Morgan fingerprint density at radius 1 is 1.43 bits per heavy atom. The molecule has 110 valence electrons. The molecule has 1 aromatic heterocycles. The fourth-order valence-corrected chi connectivity index (χ4v) is 2.05. The average Bonchev–Trinajstić information content (AvgIpc) is 2.80. The first-order chi connectivity index (χ1) is 10.2. The molecule has 2 rings (SSSR count). The van der Waals surface area contributed by atoms with E-state index in [0.717, 1.165) is 22.3 Å². The molecule has 0 saturated heterocycles. The Bertz CT molecular complexity index is 679. The summed E-state index contributed by atoms with van der Waals surface area (Å²) in [6.07, 6.45) is 4.67. The zero-order chi connectivity index (χ0) is 15.2. The number of carbonyl (C=O) groups is 1. The summed E-state index contributed by atoms with van der Waals surface area (Å²) in [5.74, 6) is 0.970. The van der Waals surface area contributed by atoms with Gasteiger partial charge in [0.1, 0.15) is 23.7 Å². The molecule has 0 fully saturated rings. The predicted molar refractivity (Wildman–Crippen MR) is 82.3 cm³/mol. The maximum atomic E-state index is 11.4. The van der Waals surface area contributed by atoms with Crippen molar-refractivity contribution >= 4 is 23.0 Å². The van der Waals surface area contributed by atoms with Crippen LogP contribution in [0.5, 0.6) is 5.75 Å². The van der Waals surface area contributed by atoms with Crippen LogP contribution in [-0.4, -0.2) is 19.2 Å². The number of aryl methyl sites for hydroxylation is 1. The largest absolute Gasteiger partial charge is 0.489 e. The smallest absolute Gasteiger partial charge is 0.330 e. The second kappa shape index (κ2) is 6.79. The van der Waals surface area contributed by atoms with Gasteiger partial charge in [0.15, 0.2) is 0 Å². The molecule has 0 aliphatic rings. The minimum absolute atomic E-state index is 0.349. The molecule has 0 N–H and O–H groups in total. The van der Waals surface area contributed by atoms with E-state index in [9.17, 15) is 4.79 Å². The van der Waals surface area contributed by atoms with Crippen molar-refractivity contribution in [2.45, 2.75) is 13.8 Å². The van der Waals surface area contributed by atoms with E-state index < -0.39 is 0 Å². The first kappa shape index (κ1) is 14.9. The number of hydrogen-bond acceptors (Lipinski definition) is 4. The monoisotopic (exact) mass is 286 g/mol. The van der Waals surface area contributed by atoms with Crippen LogP contribution < -0.4 is 4.74 Å². The Kier molecular flexibility index (Phi) is 4.82. The molecule has 0 atom stereocenters. The van der Waals surface area contributed by atoms with Crippen LogP contribution in [0, 0.1) is 6.92 Å². The highest BCUT2D eigenvalue weighted by atomic mass is 16.5. The number of hydrogen-bond donors (Lipinski definition) is 0. The summed E-state index contributed by atoms with van der Waals surface area (Å²) in [5.41, 5.74) is 1.64. The maximum absolute atomic E-state index is 11.4. The van der Waals surface area contributed by atoms with E-state index in [0.29, 0.717) is 19.0 Å². The molecule has 0 aliphatic heterocycles. The third kappa shape index (κ3) is 3.34. The van der Waals surface area contributed by atoms with Crippen molar-refractivity contribution in [3.8, 4) is 5.75 Å². The average molecular weight is 286 g/mol. The van der Waals surface area contributed by atoms with E-state index in [1.165, 1.54) is 6.08 Å². The molecule has 4 nitrogen and oxygen atoms in total. The molecule has 0 aliphatic carbocycles. The number of ether oxygens (including phenoxy) is 2. The van der Waals surface area contributed by atoms with E-state index in [1.54, 1.807) is 19.1 Å². The van der Waals surface area contributed by atoms with Gasteiger partial charge in [0.25, 0.3) is 0 Å². The van der Waals surface area contributed by atoms with Crippen LogP contribution in [0.2, 0.25) is 0 Å². The normalized spacial score (nSPS) is 11.0. The van der Waals surface area contributed by atoms with Crippen LogP contribution in [0.1, 0.15) is 18.2 Å². The number of benzene rings is 1.